The van der Waals surface area contributed by atoms with E-state index in [0.717, 1.165) is 17.4 Å². The monoisotopic (exact) mass is 374 g/mol. The van der Waals surface area contributed by atoms with Gasteiger partial charge in [-0.25, -0.2) is 0 Å². The molecule has 2 N–H and O–H groups in total. The van der Waals surface area contributed by atoms with Crippen LogP contribution in [0.1, 0.15) is 44.6 Å². The number of rotatable bonds is 11. The molecule has 148 valence electrons. The van der Waals surface area contributed by atoms with Gasteiger partial charge in [-0.15, -0.1) is 0 Å². The highest BCUT2D eigenvalue weighted by Gasteiger charge is 2.42. The molecule has 2 fully saturated rings. The average molecular weight is 374 g/mol. The molecule has 0 saturated heterocycles. The van der Waals surface area contributed by atoms with Gasteiger partial charge in [-0.2, -0.15) is 0 Å². The first-order valence-electron chi connectivity index (χ1n) is 9.93. The number of amides is 2. The second-order valence-corrected chi connectivity index (χ2v) is 7.55. The van der Waals surface area contributed by atoms with Crippen LogP contribution in [0.3, 0.4) is 0 Å². The van der Waals surface area contributed by atoms with Gasteiger partial charge in [0.05, 0.1) is 7.11 Å². The fourth-order valence-corrected chi connectivity index (χ4v) is 3.59. The van der Waals surface area contributed by atoms with Crippen molar-refractivity contribution in [2.75, 3.05) is 20.3 Å². The van der Waals surface area contributed by atoms with Gasteiger partial charge in [-0.05, 0) is 68.1 Å². The number of hydrogen-bond donors (Lipinski definition) is 2. The van der Waals surface area contributed by atoms with Gasteiger partial charge in [-0.3, -0.25) is 9.59 Å². The van der Waals surface area contributed by atoms with E-state index in [1.54, 1.807) is 13.2 Å². The smallest absolute Gasteiger partial charge is 0.257 e. The Morgan fingerprint density at radius 3 is 2.37 bits per heavy atom. The third-order valence-electron chi connectivity index (χ3n) is 5.33. The zero-order valence-electron chi connectivity index (χ0n) is 16.3. The van der Waals surface area contributed by atoms with Gasteiger partial charge in [-0.1, -0.05) is 6.07 Å². The lowest BCUT2D eigenvalue weighted by Gasteiger charge is -2.15. The molecular formula is C21H30N2O4. The van der Waals surface area contributed by atoms with Crippen molar-refractivity contribution in [1.29, 1.82) is 0 Å². The van der Waals surface area contributed by atoms with Crippen molar-refractivity contribution in [2.45, 2.75) is 45.6 Å². The van der Waals surface area contributed by atoms with Crippen LogP contribution in [0, 0.1) is 17.8 Å². The molecule has 0 aromatic heterocycles. The van der Waals surface area contributed by atoms with Crippen LogP contribution >= 0.6 is 0 Å². The summed E-state index contributed by atoms with van der Waals surface area (Å²) < 4.78 is 10.9. The molecule has 1 aromatic rings. The molecule has 0 atom stereocenters. The van der Waals surface area contributed by atoms with Crippen LogP contribution in [0.15, 0.2) is 18.2 Å². The fourth-order valence-electron chi connectivity index (χ4n) is 3.59. The molecule has 2 saturated carbocycles. The third kappa shape index (κ3) is 5.88. The molecular weight excluding hydrogens is 344 g/mol. The van der Waals surface area contributed by atoms with E-state index < -0.39 is 0 Å². The lowest BCUT2D eigenvalue weighted by Crippen LogP contribution is -2.28. The first kappa shape index (κ1) is 19.5. The summed E-state index contributed by atoms with van der Waals surface area (Å²) in [7, 11) is 1.56. The maximum Gasteiger partial charge on any atom is 0.257 e. The lowest BCUT2D eigenvalue weighted by molar-refractivity contribution is -0.123. The molecule has 0 aliphatic heterocycles. The zero-order chi connectivity index (χ0) is 19.2. The standard InChI is InChI=1S/C21H30N2O4/c1-3-22-21(25)13-27-18-9-4-14(10-19(18)26-2)12-23-20(24)11-17(15-5-6-15)16-7-8-16/h4,9-10,15-17H,3,5-8,11-13H2,1-2H3,(H,22,25)(H,23,24). The van der Waals surface area contributed by atoms with E-state index in [1.165, 1.54) is 25.7 Å². The average Bonchev–Trinajstić information content (AvgIpc) is 3.56. The predicted molar refractivity (Wildman–Crippen MR) is 103 cm³/mol. The number of benzene rings is 1. The fraction of sp³-hybridized carbons (Fsp3) is 0.619. The molecule has 2 aliphatic rings. The Balaban J connectivity index is 1.49. The summed E-state index contributed by atoms with van der Waals surface area (Å²) in [6.07, 6.45) is 5.83. The maximum atomic E-state index is 12.3. The van der Waals surface area contributed by atoms with Crippen LogP contribution in [0.4, 0.5) is 0 Å². The van der Waals surface area contributed by atoms with Crippen LogP contribution in [0.5, 0.6) is 11.5 Å². The second-order valence-electron chi connectivity index (χ2n) is 7.55. The van der Waals surface area contributed by atoms with Gasteiger partial charge in [0.2, 0.25) is 5.91 Å². The van der Waals surface area contributed by atoms with Crippen molar-refractivity contribution >= 4 is 11.8 Å². The number of hydrogen-bond acceptors (Lipinski definition) is 4. The minimum absolute atomic E-state index is 0.0516. The Bertz CT molecular complexity index is 656. The number of nitrogens with one attached hydrogen (secondary N) is 2. The summed E-state index contributed by atoms with van der Waals surface area (Å²) >= 11 is 0. The minimum atomic E-state index is -0.170. The topological polar surface area (TPSA) is 76.7 Å². The molecule has 0 unspecified atom stereocenters. The van der Waals surface area contributed by atoms with E-state index in [2.05, 4.69) is 10.6 Å². The van der Waals surface area contributed by atoms with Gasteiger partial charge in [0.25, 0.3) is 5.91 Å². The van der Waals surface area contributed by atoms with Gasteiger partial charge < -0.3 is 20.1 Å². The van der Waals surface area contributed by atoms with E-state index in [4.69, 9.17) is 9.47 Å². The quantitative estimate of drug-likeness (QED) is 0.624. The van der Waals surface area contributed by atoms with Crippen molar-refractivity contribution in [3.8, 4) is 11.5 Å². The summed E-state index contributed by atoms with van der Waals surface area (Å²) in [6.45, 7) is 2.84. The van der Waals surface area contributed by atoms with Crippen LogP contribution < -0.4 is 20.1 Å². The molecule has 1 aromatic carbocycles. The molecule has 3 rings (SSSR count). The molecule has 2 aliphatic carbocycles. The van der Waals surface area contributed by atoms with Crippen molar-refractivity contribution in [3.05, 3.63) is 23.8 Å². The molecule has 6 nitrogen and oxygen atoms in total. The van der Waals surface area contributed by atoms with Gasteiger partial charge in [0.1, 0.15) is 0 Å². The predicted octanol–water partition coefficient (Wildman–Crippen LogP) is 2.65. The number of carbonyl (C=O) groups is 2. The van der Waals surface area contributed by atoms with Crippen LogP contribution in [-0.2, 0) is 16.1 Å². The molecule has 0 heterocycles. The van der Waals surface area contributed by atoms with Crippen molar-refractivity contribution in [1.82, 2.24) is 10.6 Å². The van der Waals surface area contributed by atoms with Crippen LogP contribution in [0.25, 0.3) is 0 Å². The summed E-state index contributed by atoms with van der Waals surface area (Å²) in [6, 6.07) is 5.50. The van der Waals surface area contributed by atoms with Crippen LogP contribution in [-0.4, -0.2) is 32.1 Å². The Kier molecular flexibility index (Phi) is 6.58. The van der Waals surface area contributed by atoms with Crippen molar-refractivity contribution in [2.24, 2.45) is 17.8 Å². The summed E-state index contributed by atoms with van der Waals surface area (Å²) in [5.41, 5.74) is 0.944. The SMILES string of the molecule is CCNC(=O)COc1ccc(CNC(=O)CC(C2CC2)C2CC2)cc1OC. The molecule has 27 heavy (non-hydrogen) atoms. The number of likely N-dealkylation sites (N-methyl/N-ethyl adjacent to an activating group) is 1. The first-order chi connectivity index (χ1) is 13.1. The zero-order valence-corrected chi connectivity index (χ0v) is 16.3. The number of methoxy groups -OCH3 is 1. The van der Waals surface area contributed by atoms with E-state index >= 15 is 0 Å². The van der Waals surface area contributed by atoms with E-state index in [0.29, 0.717) is 36.9 Å². The van der Waals surface area contributed by atoms with Gasteiger partial charge >= 0.3 is 0 Å². The highest BCUT2D eigenvalue weighted by Crippen LogP contribution is 2.50. The Morgan fingerprint density at radius 1 is 1.07 bits per heavy atom. The van der Waals surface area contributed by atoms with Crippen molar-refractivity contribution in [3.63, 3.8) is 0 Å². The van der Waals surface area contributed by atoms with E-state index in [1.807, 2.05) is 19.1 Å². The first-order valence-corrected chi connectivity index (χ1v) is 9.93. The minimum Gasteiger partial charge on any atom is -0.493 e. The third-order valence-corrected chi connectivity index (χ3v) is 5.33. The van der Waals surface area contributed by atoms with E-state index in [9.17, 15) is 9.59 Å². The van der Waals surface area contributed by atoms with Crippen molar-refractivity contribution < 1.29 is 19.1 Å². The van der Waals surface area contributed by atoms with Crippen LogP contribution in [0.2, 0.25) is 0 Å². The Hall–Kier alpha value is -2.24. The van der Waals surface area contributed by atoms with E-state index in [-0.39, 0.29) is 18.4 Å². The molecule has 0 bridgehead atoms. The maximum absolute atomic E-state index is 12.3. The second kappa shape index (κ2) is 9.11. The molecule has 0 radical (unpaired) electrons. The largest absolute Gasteiger partial charge is 0.493 e. The molecule has 6 heteroatoms. The Morgan fingerprint density at radius 2 is 1.78 bits per heavy atom. The highest BCUT2D eigenvalue weighted by molar-refractivity contribution is 5.77. The van der Waals surface area contributed by atoms with Gasteiger partial charge in [0.15, 0.2) is 18.1 Å². The summed E-state index contributed by atoms with van der Waals surface area (Å²) in [4.78, 5) is 23.9. The molecule has 0 spiro atoms. The number of carbonyl (C=O) groups excluding carboxylic acids is 2. The van der Waals surface area contributed by atoms with Gasteiger partial charge in [0, 0.05) is 19.5 Å². The normalized spacial score (nSPS) is 16.1. The highest BCUT2D eigenvalue weighted by atomic mass is 16.5. The summed E-state index contributed by atoms with van der Waals surface area (Å²) in [5.74, 6) is 3.19. The lowest BCUT2D eigenvalue weighted by atomic mass is 9.94. The Labute approximate surface area is 161 Å². The summed E-state index contributed by atoms with van der Waals surface area (Å²) in [5, 5.41) is 5.72. The molecule has 2 amide bonds. The number of ether oxygens (including phenoxy) is 2.